The van der Waals surface area contributed by atoms with Gasteiger partial charge in [0.1, 0.15) is 6.29 Å². The molecule has 1 aliphatic carbocycles. The van der Waals surface area contributed by atoms with Gasteiger partial charge in [0.2, 0.25) is 0 Å². The number of carbonyl (C=O) groups excluding carboxylic acids is 1. The summed E-state index contributed by atoms with van der Waals surface area (Å²) >= 11 is 0. The second kappa shape index (κ2) is 12.6. The van der Waals surface area contributed by atoms with Gasteiger partial charge in [-0.05, 0) is 55.5 Å². The lowest BCUT2D eigenvalue weighted by Gasteiger charge is -2.32. The van der Waals surface area contributed by atoms with Crippen molar-refractivity contribution in [3.63, 3.8) is 0 Å². The summed E-state index contributed by atoms with van der Waals surface area (Å²) in [6, 6.07) is 10.8. The smallest absolute Gasteiger partial charge is 0.142 e. The number of nitrogens with one attached hydrogen (secondary N) is 1. The zero-order chi connectivity index (χ0) is 20.2. The lowest BCUT2D eigenvalue weighted by atomic mass is 9.83. The van der Waals surface area contributed by atoms with Crippen molar-refractivity contribution in [1.29, 1.82) is 0 Å². The lowest BCUT2D eigenvalue weighted by molar-refractivity contribution is -0.104. The molecule has 0 amide bonds. The minimum atomic E-state index is -1.06. The first-order valence-electron chi connectivity index (χ1n) is 9.84. The highest BCUT2D eigenvalue weighted by Crippen LogP contribution is 2.33. The number of ether oxygens (including phenoxy) is 1. The second-order valence-electron chi connectivity index (χ2n) is 7.20. The predicted octanol–water partition coefficient (Wildman–Crippen LogP) is 3.18. The van der Waals surface area contributed by atoms with Crippen LogP contribution in [0.3, 0.4) is 0 Å². The first-order valence-corrected chi connectivity index (χ1v) is 11.4. The average molecular weight is 405 g/mol. The third-order valence-electron chi connectivity index (χ3n) is 5.19. The van der Waals surface area contributed by atoms with Gasteiger partial charge in [0.05, 0.1) is 29.7 Å². The van der Waals surface area contributed by atoms with E-state index in [4.69, 9.17) is 4.74 Å². The average Bonchev–Trinajstić information content (AvgIpc) is 2.72. The molecular weight excluding hydrogens is 372 g/mol. The van der Waals surface area contributed by atoms with Crippen molar-refractivity contribution in [3.8, 4) is 0 Å². The van der Waals surface area contributed by atoms with Crippen LogP contribution in [0.15, 0.2) is 54.8 Å². The summed E-state index contributed by atoms with van der Waals surface area (Å²) in [4.78, 5) is 12.4. The van der Waals surface area contributed by atoms with E-state index in [1.165, 1.54) is 11.6 Å². The van der Waals surface area contributed by atoms with Gasteiger partial charge in [-0.3, -0.25) is 4.79 Å². The molecule has 1 N–H and O–H groups in total. The number of likely N-dealkylation sites (N-methyl/N-ethyl adjacent to an activating group) is 1. The number of allylic oxidation sites excluding steroid dienone is 3. The van der Waals surface area contributed by atoms with Crippen LogP contribution in [0.4, 0.5) is 0 Å². The summed E-state index contributed by atoms with van der Waals surface area (Å²) < 4.78 is 20.6. The molecule has 0 aromatic heterocycles. The van der Waals surface area contributed by atoms with Crippen molar-refractivity contribution in [2.24, 2.45) is 0 Å². The molecule has 1 aliphatic rings. The molecule has 0 aliphatic heterocycles. The first-order chi connectivity index (χ1) is 13.6. The highest BCUT2D eigenvalue weighted by atomic mass is 32.2. The fourth-order valence-electron chi connectivity index (χ4n) is 3.49. The molecule has 2 unspecified atom stereocenters. The molecule has 1 fully saturated rings. The van der Waals surface area contributed by atoms with Gasteiger partial charge in [-0.2, -0.15) is 0 Å². The number of nitrogens with zero attached hydrogens (tertiary/aromatic N) is 1. The van der Waals surface area contributed by atoms with Crippen molar-refractivity contribution in [2.45, 2.75) is 43.7 Å². The molecule has 154 valence electrons. The Hall–Kier alpha value is -1.76. The number of rotatable bonds is 11. The van der Waals surface area contributed by atoms with Gasteiger partial charge in [0, 0.05) is 19.8 Å². The molecule has 28 heavy (non-hydrogen) atoms. The Kier molecular flexibility index (Phi) is 10.2. The van der Waals surface area contributed by atoms with Crippen LogP contribution in [0, 0.1) is 0 Å². The molecule has 0 spiro atoms. The van der Waals surface area contributed by atoms with Crippen molar-refractivity contribution in [1.82, 2.24) is 9.62 Å². The fourth-order valence-corrected chi connectivity index (χ4v) is 3.91. The molecule has 0 saturated heterocycles. The monoisotopic (exact) mass is 404 g/mol. The van der Waals surface area contributed by atoms with Crippen molar-refractivity contribution >= 4 is 17.3 Å². The summed E-state index contributed by atoms with van der Waals surface area (Å²) in [5.41, 5.74) is 1.43. The number of benzene rings is 1. The van der Waals surface area contributed by atoms with Crippen LogP contribution in [0.1, 0.15) is 37.2 Å². The first kappa shape index (κ1) is 22.5. The summed E-state index contributed by atoms with van der Waals surface area (Å²) in [5.74, 6) is 0.635. The third kappa shape index (κ3) is 8.09. The van der Waals surface area contributed by atoms with Gasteiger partial charge in [-0.25, -0.2) is 8.93 Å². The number of hydrogen-bond donors (Lipinski definition) is 1. The maximum Gasteiger partial charge on any atom is 0.142 e. The number of hydrogen-bond acceptors (Lipinski definition) is 4. The molecular formula is C22H32N2O3S. The van der Waals surface area contributed by atoms with Gasteiger partial charge in [0.25, 0.3) is 0 Å². The topological polar surface area (TPSA) is 58.6 Å². The van der Waals surface area contributed by atoms with E-state index >= 15 is 0 Å². The van der Waals surface area contributed by atoms with Crippen LogP contribution in [0.2, 0.25) is 0 Å². The SMILES string of the molecule is CN(/C=C\C=C/C=O)C(CNS(C)=O)COC1CCC(c2ccccc2)CC1. The van der Waals surface area contributed by atoms with Crippen molar-refractivity contribution in [3.05, 3.63) is 60.3 Å². The van der Waals surface area contributed by atoms with E-state index in [0.29, 0.717) is 19.1 Å². The summed E-state index contributed by atoms with van der Waals surface area (Å²) in [5, 5.41) is 0. The normalized spacial score (nSPS) is 22.4. The van der Waals surface area contributed by atoms with Crippen molar-refractivity contribution in [2.75, 3.05) is 26.5 Å². The van der Waals surface area contributed by atoms with Crippen molar-refractivity contribution < 1.29 is 13.7 Å². The molecule has 2 rings (SSSR count). The summed E-state index contributed by atoms with van der Waals surface area (Å²) in [7, 11) is 0.902. The van der Waals surface area contributed by atoms with Gasteiger partial charge < -0.3 is 9.64 Å². The Balaban J connectivity index is 1.83. The molecule has 0 radical (unpaired) electrons. The highest BCUT2D eigenvalue weighted by Gasteiger charge is 2.24. The van der Waals surface area contributed by atoms with E-state index in [-0.39, 0.29) is 12.1 Å². The maximum atomic E-state index is 11.4. The molecule has 1 saturated carbocycles. The minimum Gasteiger partial charge on any atom is -0.376 e. The molecule has 1 aromatic rings. The zero-order valence-corrected chi connectivity index (χ0v) is 17.6. The Morgan fingerprint density at radius 1 is 1.18 bits per heavy atom. The molecule has 1 aromatic carbocycles. The van der Waals surface area contributed by atoms with Gasteiger partial charge >= 0.3 is 0 Å². The summed E-state index contributed by atoms with van der Waals surface area (Å²) in [6.07, 6.45) is 14.0. The van der Waals surface area contributed by atoms with E-state index in [0.717, 1.165) is 32.0 Å². The minimum absolute atomic E-state index is 0.0663. The van der Waals surface area contributed by atoms with Crippen LogP contribution < -0.4 is 4.72 Å². The molecule has 0 bridgehead atoms. The van der Waals surface area contributed by atoms with E-state index in [2.05, 4.69) is 35.1 Å². The molecule has 5 nitrogen and oxygen atoms in total. The highest BCUT2D eigenvalue weighted by molar-refractivity contribution is 7.82. The fraction of sp³-hybridized carbons (Fsp3) is 0.500. The Morgan fingerprint density at radius 2 is 1.89 bits per heavy atom. The lowest BCUT2D eigenvalue weighted by Crippen LogP contribution is -2.42. The van der Waals surface area contributed by atoms with E-state index in [9.17, 15) is 9.00 Å². The van der Waals surface area contributed by atoms with Gasteiger partial charge in [0.15, 0.2) is 0 Å². The second-order valence-corrected chi connectivity index (χ2v) is 8.40. The Morgan fingerprint density at radius 3 is 2.54 bits per heavy atom. The predicted molar refractivity (Wildman–Crippen MR) is 115 cm³/mol. The Labute approximate surface area is 171 Å². The van der Waals surface area contributed by atoms with Gasteiger partial charge in [-0.15, -0.1) is 0 Å². The maximum absolute atomic E-state index is 11.4. The van der Waals surface area contributed by atoms with Crippen LogP contribution in [0.25, 0.3) is 0 Å². The van der Waals surface area contributed by atoms with Crippen LogP contribution >= 0.6 is 0 Å². The zero-order valence-electron chi connectivity index (χ0n) is 16.8. The largest absolute Gasteiger partial charge is 0.376 e. The van der Waals surface area contributed by atoms with Crippen LogP contribution in [-0.2, 0) is 20.5 Å². The summed E-state index contributed by atoms with van der Waals surface area (Å²) in [6.45, 7) is 1.14. The van der Waals surface area contributed by atoms with Crippen LogP contribution in [-0.4, -0.2) is 54.0 Å². The molecule has 2 atom stereocenters. The third-order valence-corrected chi connectivity index (χ3v) is 5.76. The van der Waals surface area contributed by atoms with E-state index in [1.54, 1.807) is 12.3 Å². The van der Waals surface area contributed by atoms with E-state index < -0.39 is 11.0 Å². The quantitative estimate of drug-likeness (QED) is 0.350. The van der Waals surface area contributed by atoms with E-state index in [1.807, 2.05) is 24.2 Å². The molecule has 0 heterocycles. The Bertz CT molecular complexity index is 655. The van der Waals surface area contributed by atoms with Gasteiger partial charge in [-0.1, -0.05) is 36.4 Å². The number of aldehydes is 1. The number of carbonyl (C=O) groups is 1. The standard InChI is InChI=1S/C22H32N2O3S/c1-24(15-7-4-8-16-25)21(17-23-28(2)26)18-27-22-13-11-20(12-14-22)19-9-5-3-6-10-19/h3-10,15-16,20-23H,11-14,17-18H2,1-2H3/b8-4-,15-7-. The molecule has 6 heteroatoms. The van der Waals surface area contributed by atoms with Crippen LogP contribution in [0.5, 0.6) is 0 Å².